The number of nitrogens with one attached hydrogen (secondary N) is 1. The Hall–Kier alpha value is -8.53. The highest BCUT2D eigenvalue weighted by atomic mass is 15.0. The molecule has 0 amide bonds. The van der Waals surface area contributed by atoms with Crippen molar-refractivity contribution < 1.29 is 0 Å². The van der Waals surface area contributed by atoms with E-state index < -0.39 is 5.41 Å². The van der Waals surface area contributed by atoms with Crippen LogP contribution in [0.4, 0.5) is 0 Å². The highest BCUT2D eigenvalue weighted by Crippen LogP contribution is 2.62. The lowest BCUT2D eigenvalue weighted by atomic mass is 9.65. The number of hydrogen-bond donors (Lipinski definition) is 2. The van der Waals surface area contributed by atoms with E-state index in [2.05, 4.69) is 194 Å². The van der Waals surface area contributed by atoms with Crippen molar-refractivity contribution in [1.29, 1.82) is 5.41 Å². The molecule has 1 unspecified atom stereocenters. The molecule has 9 aromatic carbocycles. The van der Waals surface area contributed by atoms with Crippen molar-refractivity contribution in [1.82, 2.24) is 4.57 Å². The van der Waals surface area contributed by atoms with E-state index >= 15 is 0 Å². The van der Waals surface area contributed by atoms with Gasteiger partial charge in [-0.2, -0.15) is 0 Å². The highest BCUT2D eigenvalue weighted by Gasteiger charge is 2.51. The summed E-state index contributed by atoms with van der Waals surface area (Å²) in [4.78, 5) is 0. The number of aromatic nitrogens is 1. The Morgan fingerprint density at radius 2 is 1.09 bits per heavy atom. The number of nitrogens with two attached hydrogens (primary N) is 1. The molecule has 3 N–H and O–H groups in total. The van der Waals surface area contributed by atoms with E-state index in [4.69, 9.17) is 5.73 Å². The molecule has 0 saturated heterocycles. The Kier molecular flexibility index (Phi) is 11.4. The lowest BCUT2D eigenvalue weighted by Gasteiger charge is -2.39. The van der Waals surface area contributed by atoms with Gasteiger partial charge in [-0.05, 0) is 118 Å². The first-order valence-electron chi connectivity index (χ1n) is 23.9. The molecule has 3 heteroatoms. The maximum atomic E-state index is 9.38. The standard InChI is InChI=1S/C53H39N3.C7H8.C6H6/c1-33(54)31-48(55)42-19-12-21-46-51(42)43-32-37(34-25-27-36(28-26-34)39-16-6-5-15-38(39)35-13-3-2-4-14-35)29-30-44(43)53(46)45-20-8-10-24-50(45)56-49-23-9-7-17-40(49)41-18-11-22-47(53)52(41)56;1-7-5-3-2-4-6-7;1-2-4-6-5-3-1/h2-25,27,29-32,55H,26,28,54H2,1H3;2-6H,1H3;1-6H/b33-31-,55-48?;;. The summed E-state index contributed by atoms with van der Waals surface area (Å²) in [5.41, 5.74) is 27.6. The fourth-order valence-electron chi connectivity index (χ4n) is 11.0. The van der Waals surface area contributed by atoms with Gasteiger partial charge in [0.05, 0.1) is 27.8 Å². The predicted molar refractivity (Wildman–Crippen MR) is 291 cm³/mol. The number of para-hydroxylation sites is 3. The van der Waals surface area contributed by atoms with Gasteiger partial charge in [-0.1, -0.05) is 224 Å². The lowest BCUT2D eigenvalue weighted by molar-refractivity contribution is 0.748. The molecule has 0 fully saturated rings. The van der Waals surface area contributed by atoms with E-state index in [9.17, 15) is 5.41 Å². The summed E-state index contributed by atoms with van der Waals surface area (Å²) in [7, 11) is 0. The third-order valence-electron chi connectivity index (χ3n) is 14.0. The zero-order valence-electron chi connectivity index (χ0n) is 39.0. The first-order chi connectivity index (χ1) is 33.9. The monoisotopic (exact) mass is 887 g/mol. The molecule has 1 aliphatic heterocycles. The van der Waals surface area contributed by atoms with Gasteiger partial charge in [0, 0.05) is 22.0 Å². The van der Waals surface area contributed by atoms with Crippen molar-refractivity contribution in [3.8, 4) is 27.9 Å². The van der Waals surface area contributed by atoms with Gasteiger partial charge in [0.15, 0.2) is 0 Å². The van der Waals surface area contributed by atoms with E-state index in [-0.39, 0.29) is 0 Å². The predicted octanol–water partition coefficient (Wildman–Crippen LogP) is 16.3. The van der Waals surface area contributed by atoms with Crippen LogP contribution in [0, 0.1) is 12.3 Å². The molecule has 3 nitrogen and oxygen atoms in total. The molecular weight excluding hydrogens is 835 g/mol. The molecular formula is C66H53N3. The van der Waals surface area contributed by atoms with Crippen LogP contribution in [0.25, 0.3) is 60.9 Å². The number of hydrogen-bond acceptors (Lipinski definition) is 2. The fourth-order valence-corrected chi connectivity index (χ4v) is 11.0. The molecule has 10 aromatic rings. The van der Waals surface area contributed by atoms with Crippen LogP contribution in [-0.4, -0.2) is 10.3 Å². The van der Waals surface area contributed by atoms with Crippen molar-refractivity contribution in [3.63, 3.8) is 0 Å². The summed E-state index contributed by atoms with van der Waals surface area (Å²) in [6, 6.07) is 80.0. The lowest BCUT2D eigenvalue weighted by Crippen LogP contribution is -2.33. The first kappa shape index (κ1) is 43.1. The van der Waals surface area contributed by atoms with Crippen LogP contribution < -0.4 is 5.73 Å². The molecule has 1 aromatic heterocycles. The van der Waals surface area contributed by atoms with Crippen molar-refractivity contribution in [2.45, 2.75) is 32.1 Å². The van der Waals surface area contributed by atoms with Crippen LogP contribution in [0.1, 0.15) is 64.3 Å². The van der Waals surface area contributed by atoms with E-state index in [0.29, 0.717) is 11.4 Å². The second kappa shape index (κ2) is 18.3. The minimum absolute atomic E-state index is 0.424. The summed E-state index contributed by atoms with van der Waals surface area (Å²) >= 11 is 0. The smallest absolute Gasteiger partial charge is 0.0754 e. The van der Waals surface area contributed by atoms with Crippen LogP contribution in [0.3, 0.4) is 0 Å². The SMILES string of the molecule is C/C(N)=C/C(=N)c1cccc2c1-c1cc(C3=CC=C(c4ccccc4-c4ccccc4)CC3)ccc1C21c2ccccc2-n2c3ccccc3c3cccc1c32.Cc1ccccc1.c1ccccc1. The maximum absolute atomic E-state index is 9.38. The van der Waals surface area contributed by atoms with Gasteiger partial charge in [-0.15, -0.1) is 0 Å². The number of aryl methyl sites for hydroxylation is 1. The number of rotatable bonds is 5. The molecule has 332 valence electrons. The highest BCUT2D eigenvalue weighted by molar-refractivity contribution is 6.16. The van der Waals surface area contributed by atoms with E-state index in [1.165, 1.54) is 94.3 Å². The summed E-state index contributed by atoms with van der Waals surface area (Å²) in [6.07, 6.45) is 8.36. The van der Waals surface area contributed by atoms with Crippen molar-refractivity contribution in [2.75, 3.05) is 0 Å². The minimum atomic E-state index is -0.587. The van der Waals surface area contributed by atoms with E-state index in [1.54, 1.807) is 6.08 Å². The second-order valence-electron chi connectivity index (χ2n) is 18.2. The van der Waals surface area contributed by atoms with Gasteiger partial charge in [-0.25, -0.2) is 0 Å². The van der Waals surface area contributed by atoms with E-state index in [1.807, 2.05) is 61.5 Å². The topological polar surface area (TPSA) is 54.8 Å². The molecule has 3 aliphatic rings. The Balaban J connectivity index is 0.000000348. The normalized spacial score (nSPS) is 15.1. The van der Waals surface area contributed by atoms with Crippen LogP contribution in [0.2, 0.25) is 0 Å². The van der Waals surface area contributed by atoms with Gasteiger partial charge in [-0.3, -0.25) is 0 Å². The van der Waals surface area contributed by atoms with Crippen LogP contribution in [-0.2, 0) is 5.41 Å². The van der Waals surface area contributed by atoms with Crippen LogP contribution in [0.5, 0.6) is 0 Å². The molecule has 1 spiro atoms. The van der Waals surface area contributed by atoms with Gasteiger partial charge < -0.3 is 15.7 Å². The molecule has 13 rings (SSSR count). The number of benzene rings is 9. The summed E-state index contributed by atoms with van der Waals surface area (Å²) < 4.78 is 2.48. The summed E-state index contributed by atoms with van der Waals surface area (Å²) in [6.45, 7) is 3.94. The zero-order chi connectivity index (χ0) is 46.9. The average molecular weight is 888 g/mol. The molecule has 0 bridgehead atoms. The summed E-state index contributed by atoms with van der Waals surface area (Å²) in [5.74, 6) is 0. The van der Waals surface area contributed by atoms with Gasteiger partial charge in [0.1, 0.15) is 0 Å². The van der Waals surface area contributed by atoms with Crippen LogP contribution >= 0.6 is 0 Å². The Labute approximate surface area is 405 Å². The Morgan fingerprint density at radius 3 is 1.80 bits per heavy atom. The zero-order valence-corrected chi connectivity index (χ0v) is 39.0. The third-order valence-corrected chi connectivity index (χ3v) is 14.0. The van der Waals surface area contributed by atoms with Crippen molar-refractivity contribution in [2.24, 2.45) is 5.73 Å². The average Bonchev–Trinajstić information content (AvgIpc) is 3.90. The fraction of sp³-hybridized carbons (Fsp3) is 0.0758. The molecule has 0 saturated carbocycles. The van der Waals surface area contributed by atoms with Gasteiger partial charge in [0.25, 0.3) is 0 Å². The number of fused-ring (bicyclic) bond motifs is 12. The minimum Gasteiger partial charge on any atom is -0.402 e. The quantitative estimate of drug-likeness (QED) is 0.166. The summed E-state index contributed by atoms with van der Waals surface area (Å²) in [5, 5.41) is 11.9. The third kappa shape index (κ3) is 7.53. The molecule has 2 aliphatic carbocycles. The largest absolute Gasteiger partial charge is 0.402 e. The van der Waals surface area contributed by atoms with Crippen LogP contribution in [0.15, 0.2) is 248 Å². The molecule has 69 heavy (non-hydrogen) atoms. The molecule has 0 radical (unpaired) electrons. The number of nitrogens with zero attached hydrogens (tertiary/aromatic N) is 1. The van der Waals surface area contributed by atoms with Crippen molar-refractivity contribution >= 4 is 38.7 Å². The number of allylic oxidation sites excluding steroid dienone is 6. The molecule has 2 heterocycles. The van der Waals surface area contributed by atoms with E-state index in [0.717, 1.165) is 24.0 Å². The Morgan fingerprint density at radius 1 is 0.507 bits per heavy atom. The first-order valence-corrected chi connectivity index (χ1v) is 23.9. The maximum Gasteiger partial charge on any atom is 0.0754 e. The molecule has 1 atom stereocenters. The Bertz CT molecular complexity index is 3620. The van der Waals surface area contributed by atoms with Gasteiger partial charge >= 0.3 is 0 Å². The second-order valence-corrected chi connectivity index (χ2v) is 18.2. The van der Waals surface area contributed by atoms with Crippen molar-refractivity contribution in [3.05, 3.63) is 293 Å². The van der Waals surface area contributed by atoms with Gasteiger partial charge in [0.2, 0.25) is 0 Å².